The van der Waals surface area contributed by atoms with Gasteiger partial charge >= 0.3 is 0 Å². The van der Waals surface area contributed by atoms with Crippen molar-refractivity contribution >= 4 is 11.6 Å². The molecular weight excluding hydrogens is 288 g/mol. The largest absolute Gasteiger partial charge is 0.488 e. The molecule has 1 unspecified atom stereocenters. The van der Waals surface area contributed by atoms with Crippen molar-refractivity contribution in [1.29, 1.82) is 0 Å². The van der Waals surface area contributed by atoms with E-state index < -0.39 is 0 Å². The minimum absolute atomic E-state index is 0.155. The Kier molecular flexibility index (Phi) is 4.27. The molecular formula is C16H17ClN2O2. The fourth-order valence-corrected chi connectivity index (χ4v) is 2.65. The van der Waals surface area contributed by atoms with E-state index in [2.05, 4.69) is 10.3 Å². The minimum Gasteiger partial charge on any atom is -0.488 e. The molecule has 1 aliphatic heterocycles. The summed E-state index contributed by atoms with van der Waals surface area (Å²) in [5.41, 5.74) is 2.32. The molecule has 0 radical (unpaired) electrons. The normalized spacial score (nSPS) is 16.4. The van der Waals surface area contributed by atoms with Gasteiger partial charge in [0.05, 0.1) is 7.11 Å². The lowest BCUT2D eigenvalue weighted by Gasteiger charge is -2.12. The molecule has 0 saturated carbocycles. The van der Waals surface area contributed by atoms with E-state index in [9.17, 15) is 0 Å². The zero-order valence-electron chi connectivity index (χ0n) is 11.8. The summed E-state index contributed by atoms with van der Waals surface area (Å²) in [5, 5.41) is 4.16. The second kappa shape index (κ2) is 6.33. The molecule has 0 spiro atoms. The summed E-state index contributed by atoms with van der Waals surface area (Å²) in [5.74, 6) is 1.57. The average molecular weight is 305 g/mol. The van der Waals surface area contributed by atoms with Crippen LogP contribution in [0.2, 0.25) is 5.02 Å². The first-order chi connectivity index (χ1) is 10.2. The first-order valence-electron chi connectivity index (χ1n) is 6.89. The number of rotatable bonds is 5. The van der Waals surface area contributed by atoms with Gasteiger partial charge < -0.3 is 14.8 Å². The van der Waals surface area contributed by atoms with E-state index in [0.29, 0.717) is 5.88 Å². The van der Waals surface area contributed by atoms with Crippen LogP contribution < -0.4 is 14.8 Å². The SMILES string of the molecule is COc1cc(CNCC2Cc3cc(Cl)ccc3O2)ccn1. The van der Waals surface area contributed by atoms with Gasteiger partial charge in [0.1, 0.15) is 11.9 Å². The Labute approximate surface area is 129 Å². The predicted octanol–water partition coefficient (Wildman–Crippen LogP) is 2.84. The van der Waals surface area contributed by atoms with Gasteiger partial charge in [-0.2, -0.15) is 0 Å². The highest BCUT2D eigenvalue weighted by molar-refractivity contribution is 6.30. The van der Waals surface area contributed by atoms with Crippen molar-refractivity contribution in [2.45, 2.75) is 19.1 Å². The van der Waals surface area contributed by atoms with Crippen molar-refractivity contribution in [3.05, 3.63) is 52.7 Å². The van der Waals surface area contributed by atoms with Crippen molar-refractivity contribution in [2.75, 3.05) is 13.7 Å². The third-order valence-corrected chi connectivity index (χ3v) is 3.71. The van der Waals surface area contributed by atoms with Crippen LogP contribution in [0.25, 0.3) is 0 Å². The van der Waals surface area contributed by atoms with E-state index in [4.69, 9.17) is 21.1 Å². The highest BCUT2D eigenvalue weighted by Gasteiger charge is 2.22. The summed E-state index contributed by atoms with van der Waals surface area (Å²) < 4.78 is 11.0. The molecule has 1 aromatic carbocycles. The summed E-state index contributed by atoms with van der Waals surface area (Å²) >= 11 is 6.00. The molecule has 1 aliphatic rings. The Balaban J connectivity index is 1.51. The van der Waals surface area contributed by atoms with Gasteiger partial charge in [-0.05, 0) is 35.4 Å². The number of hydrogen-bond acceptors (Lipinski definition) is 4. The lowest BCUT2D eigenvalue weighted by molar-refractivity contribution is 0.227. The number of fused-ring (bicyclic) bond motifs is 1. The molecule has 1 atom stereocenters. The molecule has 0 aliphatic carbocycles. The third-order valence-electron chi connectivity index (χ3n) is 3.47. The Morgan fingerprint density at radius 2 is 2.29 bits per heavy atom. The Morgan fingerprint density at radius 3 is 3.14 bits per heavy atom. The van der Waals surface area contributed by atoms with Crippen LogP contribution in [0.1, 0.15) is 11.1 Å². The van der Waals surface area contributed by atoms with Gasteiger partial charge in [0.15, 0.2) is 0 Å². The quantitative estimate of drug-likeness (QED) is 0.922. The second-order valence-corrected chi connectivity index (χ2v) is 5.47. The second-order valence-electron chi connectivity index (χ2n) is 5.03. The van der Waals surface area contributed by atoms with E-state index in [1.165, 1.54) is 5.56 Å². The maximum atomic E-state index is 6.00. The molecule has 2 heterocycles. The fourth-order valence-electron chi connectivity index (χ4n) is 2.45. The molecule has 110 valence electrons. The number of nitrogens with zero attached hydrogens (tertiary/aromatic N) is 1. The van der Waals surface area contributed by atoms with Gasteiger partial charge in [-0.1, -0.05) is 11.6 Å². The van der Waals surface area contributed by atoms with Gasteiger partial charge in [-0.3, -0.25) is 0 Å². The zero-order valence-corrected chi connectivity index (χ0v) is 12.6. The van der Waals surface area contributed by atoms with Gasteiger partial charge in [0, 0.05) is 36.8 Å². The van der Waals surface area contributed by atoms with E-state index in [-0.39, 0.29) is 6.10 Å². The first-order valence-corrected chi connectivity index (χ1v) is 7.27. The first kappa shape index (κ1) is 14.2. The van der Waals surface area contributed by atoms with Crippen LogP contribution >= 0.6 is 11.6 Å². The van der Waals surface area contributed by atoms with Crippen LogP contribution in [0.3, 0.4) is 0 Å². The van der Waals surface area contributed by atoms with Crippen molar-refractivity contribution in [2.24, 2.45) is 0 Å². The summed E-state index contributed by atoms with van der Waals surface area (Å²) in [7, 11) is 1.62. The highest BCUT2D eigenvalue weighted by Crippen LogP contribution is 2.30. The van der Waals surface area contributed by atoms with E-state index in [0.717, 1.165) is 35.8 Å². The van der Waals surface area contributed by atoms with Crippen LogP contribution in [-0.2, 0) is 13.0 Å². The molecule has 4 nitrogen and oxygen atoms in total. The topological polar surface area (TPSA) is 43.4 Å². The number of methoxy groups -OCH3 is 1. The summed E-state index contributed by atoms with van der Waals surface area (Å²) in [6.07, 6.45) is 2.80. The number of pyridine rings is 1. The minimum atomic E-state index is 0.155. The van der Waals surface area contributed by atoms with Crippen LogP contribution in [0.5, 0.6) is 11.6 Å². The van der Waals surface area contributed by atoms with E-state index in [1.54, 1.807) is 13.3 Å². The zero-order chi connectivity index (χ0) is 14.7. The summed E-state index contributed by atoms with van der Waals surface area (Å²) in [6.45, 7) is 1.55. The van der Waals surface area contributed by atoms with E-state index in [1.807, 2.05) is 30.3 Å². The Hall–Kier alpha value is -1.78. The Bertz CT molecular complexity index is 633. The van der Waals surface area contributed by atoms with Crippen LogP contribution in [-0.4, -0.2) is 24.7 Å². The third kappa shape index (κ3) is 3.46. The van der Waals surface area contributed by atoms with Crippen LogP contribution in [0.15, 0.2) is 36.5 Å². The van der Waals surface area contributed by atoms with Gasteiger partial charge in [-0.15, -0.1) is 0 Å². The average Bonchev–Trinajstić information content (AvgIpc) is 2.89. The maximum Gasteiger partial charge on any atom is 0.213 e. The van der Waals surface area contributed by atoms with Crippen molar-refractivity contribution < 1.29 is 9.47 Å². The molecule has 0 bridgehead atoms. The lowest BCUT2D eigenvalue weighted by Crippen LogP contribution is -2.29. The number of halogens is 1. The number of aromatic nitrogens is 1. The van der Waals surface area contributed by atoms with Gasteiger partial charge in [0.25, 0.3) is 0 Å². The molecule has 1 N–H and O–H groups in total. The maximum absolute atomic E-state index is 6.00. The highest BCUT2D eigenvalue weighted by atomic mass is 35.5. The van der Waals surface area contributed by atoms with Crippen molar-refractivity contribution in [3.63, 3.8) is 0 Å². The molecule has 1 aromatic heterocycles. The molecule has 2 aromatic rings. The fraction of sp³-hybridized carbons (Fsp3) is 0.312. The smallest absolute Gasteiger partial charge is 0.213 e. The molecule has 0 fully saturated rings. The van der Waals surface area contributed by atoms with Crippen molar-refractivity contribution in [1.82, 2.24) is 10.3 Å². The van der Waals surface area contributed by atoms with Crippen LogP contribution in [0, 0.1) is 0 Å². The van der Waals surface area contributed by atoms with Crippen LogP contribution in [0.4, 0.5) is 0 Å². The monoisotopic (exact) mass is 304 g/mol. The molecule has 3 rings (SSSR count). The number of nitrogens with one attached hydrogen (secondary N) is 1. The number of ether oxygens (including phenoxy) is 2. The molecule has 0 amide bonds. The number of hydrogen-bond donors (Lipinski definition) is 1. The molecule has 5 heteroatoms. The summed E-state index contributed by atoms with van der Waals surface area (Å²) in [4.78, 5) is 4.09. The van der Waals surface area contributed by atoms with Crippen molar-refractivity contribution in [3.8, 4) is 11.6 Å². The van der Waals surface area contributed by atoms with Gasteiger partial charge in [0.2, 0.25) is 5.88 Å². The predicted molar refractivity (Wildman–Crippen MR) is 82.1 cm³/mol. The Morgan fingerprint density at radius 1 is 1.38 bits per heavy atom. The lowest BCUT2D eigenvalue weighted by atomic mass is 10.1. The molecule has 0 saturated heterocycles. The van der Waals surface area contributed by atoms with E-state index >= 15 is 0 Å². The number of benzene rings is 1. The standard InChI is InChI=1S/C16H17ClN2O2/c1-20-16-6-11(4-5-19-16)9-18-10-14-8-12-7-13(17)2-3-15(12)21-14/h2-7,14,18H,8-10H2,1H3. The van der Waals surface area contributed by atoms with Gasteiger partial charge in [-0.25, -0.2) is 4.98 Å². The molecule has 21 heavy (non-hydrogen) atoms. The summed E-state index contributed by atoms with van der Waals surface area (Å²) in [6, 6.07) is 9.67.